The lowest BCUT2D eigenvalue weighted by molar-refractivity contribution is -0.120. The van der Waals surface area contributed by atoms with Crippen LogP contribution in [0.15, 0.2) is 18.2 Å². The highest BCUT2D eigenvalue weighted by Gasteiger charge is 2.27. The number of carbonyl (C=O) groups is 2. The first-order valence-corrected chi connectivity index (χ1v) is 10.9. The molecule has 5 nitrogen and oxygen atoms in total. The van der Waals surface area contributed by atoms with E-state index >= 15 is 0 Å². The van der Waals surface area contributed by atoms with Crippen LogP contribution >= 0.6 is 12.4 Å². The minimum absolute atomic E-state index is 0. The number of nitrogens with one attached hydrogen (secondary N) is 1. The third-order valence-corrected chi connectivity index (χ3v) is 6.46. The number of halogens is 1. The molecule has 0 radical (unpaired) electrons. The monoisotopic (exact) mass is 421 g/mol. The van der Waals surface area contributed by atoms with E-state index in [0.717, 1.165) is 62.9 Å². The maximum absolute atomic E-state index is 12.8. The van der Waals surface area contributed by atoms with E-state index in [1.54, 1.807) is 0 Å². The summed E-state index contributed by atoms with van der Waals surface area (Å²) in [5, 5.41) is 3.07. The predicted octanol–water partition coefficient (Wildman–Crippen LogP) is 4.53. The van der Waals surface area contributed by atoms with Gasteiger partial charge in [-0.25, -0.2) is 0 Å². The Bertz CT molecular complexity index is 701. The molecule has 0 aromatic heterocycles. The number of amides is 2. The molecule has 1 aliphatic heterocycles. The van der Waals surface area contributed by atoms with Gasteiger partial charge in [0, 0.05) is 30.4 Å². The second kappa shape index (κ2) is 11.0. The molecular weight excluding hydrogens is 386 g/mol. The lowest BCUT2D eigenvalue weighted by Gasteiger charge is -2.30. The van der Waals surface area contributed by atoms with Gasteiger partial charge in [0.25, 0.3) is 5.91 Å². The number of piperidine rings is 1. The zero-order valence-corrected chi connectivity index (χ0v) is 18.6. The molecule has 2 amide bonds. The molecule has 1 aromatic rings. The molecule has 1 heterocycles. The van der Waals surface area contributed by atoms with E-state index < -0.39 is 0 Å². The summed E-state index contributed by atoms with van der Waals surface area (Å²) in [6.45, 7) is 5.85. The number of rotatable bonds is 3. The van der Waals surface area contributed by atoms with Crippen molar-refractivity contribution < 1.29 is 9.59 Å². The average Bonchev–Trinajstić information content (AvgIpc) is 2.66. The number of likely N-dealkylation sites (tertiary alicyclic amines) is 1. The summed E-state index contributed by atoms with van der Waals surface area (Å²) in [6.07, 6.45) is 8.48. The van der Waals surface area contributed by atoms with Crippen LogP contribution in [0.1, 0.15) is 74.2 Å². The van der Waals surface area contributed by atoms with E-state index in [2.05, 4.69) is 12.2 Å². The Morgan fingerprint density at radius 1 is 1.03 bits per heavy atom. The van der Waals surface area contributed by atoms with Crippen LogP contribution in [0.3, 0.4) is 0 Å². The van der Waals surface area contributed by atoms with Gasteiger partial charge >= 0.3 is 0 Å². The normalized spacial score (nSPS) is 23.5. The molecule has 162 valence electrons. The minimum Gasteiger partial charge on any atom is -0.339 e. The quantitative estimate of drug-likeness (QED) is 0.752. The Labute approximate surface area is 181 Å². The zero-order valence-electron chi connectivity index (χ0n) is 17.8. The summed E-state index contributed by atoms with van der Waals surface area (Å²) in [5.41, 5.74) is 8.69. The maximum Gasteiger partial charge on any atom is 0.253 e. The van der Waals surface area contributed by atoms with Gasteiger partial charge in [0.05, 0.1) is 5.92 Å². The van der Waals surface area contributed by atoms with E-state index in [1.165, 1.54) is 12.8 Å². The molecule has 1 saturated carbocycles. The molecule has 2 unspecified atom stereocenters. The van der Waals surface area contributed by atoms with Gasteiger partial charge in [0.15, 0.2) is 0 Å². The summed E-state index contributed by atoms with van der Waals surface area (Å²) in [6, 6.07) is 5.53. The second-order valence-corrected chi connectivity index (χ2v) is 8.76. The van der Waals surface area contributed by atoms with Gasteiger partial charge in [0.2, 0.25) is 5.91 Å². The SMILES string of the molecule is Cc1cc(C(=O)N2CCC(C)CC2)ccc1NC(=O)C1CCCCCCC1N.Cl. The molecule has 1 aromatic carbocycles. The lowest BCUT2D eigenvalue weighted by Crippen LogP contribution is -2.39. The number of nitrogens with zero attached hydrogens (tertiary/aromatic N) is 1. The summed E-state index contributed by atoms with van der Waals surface area (Å²) in [4.78, 5) is 27.5. The second-order valence-electron chi connectivity index (χ2n) is 8.76. The number of anilines is 1. The van der Waals surface area contributed by atoms with Crippen molar-refractivity contribution in [1.29, 1.82) is 0 Å². The molecule has 2 atom stereocenters. The molecule has 2 fully saturated rings. The van der Waals surface area contributed by atoms with Gasteiger partial charge in [-0.15, -0.1) is 12.4 Å². The van der Waals surface area contributed by atoms with E-state index in [0.29, 0.717) is 11.5 Å². The van der Waals surface area contributed by atoms with E-state index in [-0.39, 0.29) is 36.2 Å². The van der Waals surface area contributed by atoms with Crippen LogP contribution in [-0.4, -0.2) is 35.8 Å². The fraction of sp³-hybridized carbons (Fsp3) is 0.652. The van der Waals surface area contributed by atoms with Gasteiger partial charge in [-0.2, -0.15) is 0 Å². The van der Waals surface area contributed by atoms with Crippen LogP contribution in [0.5, 0.6) is 0 Å². The number of carbonyl (C=O) groups excluding carboxylic acids is 2. The van der Waals surface area contributed by atoms with Gasteiger partial charge in [-0.1, -0.05) is 32.6 Å². The van der Waals surface area contributed by atoms with Gasteiger partial charge in [-0.3, -0.25) is 9.59 Å². The average molecular weight is 422 g/mol. The number of benzene rings is 1. The standard InChI is InChI=1S/C23H35N3O2.ClH/c1-16-11-13-26(14-12-16)23(28)18-9-10-21(17(2)15-18)25-22(27)19-7-5-3-4-6-8-20(19)24;/h9-10,15-16,19-20H,3-8,11-14,24H2,1-2H3,(H,25,27);1H. The van der Waals surface area contributed by atoms with Crippen LogP contribution in [0, 0.1) is 18.8 Å². The molecule has 1 aliphatic carbocycles. The van der Waals surface area contributed by atoms with E-state index in [1.807, 2.05) is 30.0 Å². The predicted molar refractivity (Wildman–Crippen MR) is 121 cm³/mol. The number of hydrogen-bond acceptors (Lipinski definition) is 3. The smallest absolute Gasteiger partial charge is 0.253 e. The highest BCUT2D eigenvalue weighted by molar-refractivity contribution is 5.97. The first kappa shape index (κ1) is 23.7. The molecule has 3 N–H and O–H groups in total. The van der Waals surface area contributed by atoms with Crippen molar-refractivity contribution in [1.82, 2.24) is 4.90 Å². The summed E-state index contributed by atoms with van der Waals surface area (Å²) in [7, 11) is 0. The topological polar surface area (TPSA) is 75.4 Å². The zero-order chi connectivity index (χ0) is 20.1. The van der Waals surface area contributed by atoms with Crippen molar-refractivity contribution >= 4 is 29.9 Å². The first-order valence-electron chi connectivity index (χ1n) is 10.9. The van der Waals surface area contributed by atoms with Crippen molar-refractivity contribution in [3.63, 3.8) is 0 Å². The molecule has 0 spiro atoms. The highest BCUT2D eigenvalue weighted by atomic mass is 35.5. The summed E-state index contributed by atoms with van der Waals surface area (Å²) < 4.78 is 0. The summed E-state index contributed by atoms with van der Waals surface area (Å²) >= 11 is 0. The molecule has 1 saturated heterocycles. The largest absolute Gasteiger partial charge is 0.339 e. The number of hydrogen-bond donors (Lipinski definition) is 2. The van der Waals surface area contributed by atoms with Crippen LogP contribution < -0.4 is 11.1 Å². The third-order valence-electron chi connectivity index (χ3n) is 6.46. The highest BCUT2D eigenvalue weighted by Crippen LogP contribution is 2.25. The maximum atomic E-state index is 12.8. The van der Waals surface area contributed by atoms with Crippen LogP contribution in [0.25, 0.3) is 0 Å². The van der Waals surface area contributed by atoms with Crippen molar-refractivity contribution in [3.05, 3.63) is 29.3 Å². The van der Waals surface area contributed by atoms with E-state index in [4.69, 9.17) is 5.73 Å². The Kier molecular flexibility index (Phi) is 8.97. The Morgan fingerprint density at radius 2 is 1.69 bits per heavy atom. The molecule has 6 heteroatoms. The van der Waals surface area contributed by atoms with Crippen molar-refractivity contribution in [3.8, 4) is 0 Å². The molecule has 2 aliphatic rings. The first-order chi connectivity index (χ1) is 13.5. The van der Waals surface area contributed by atoms with Gasteiger partial charge < -0.3 is 16.0 Å². The Hall–Kier alpha value is -1.59. The van der Waals surface area contributed by atoms with Crippen LogP contribution in [0.2, 0.25) is 0 Å². The number of nitrogens with two attached hydrogens (primary N) is 1. The summed E-state index contributed by atoms with van der Waals surface area (Å²) in [5.74, 6) is 0.677. The van der Waals surface area contributed by atoms with Crippen molar-refractivity contribution in [2.45, 2.75) is 71.3 Å². The third kappa shape index (κ3) is 6.19. The fourth-order valence-corrected chi connectivity index (χ4v) is 4.40. The lowest BCUT2D eigenvalue weighted by atomic mass is 9.86. The minimum atomic E-state index is -0.128. The van der Waals surface area contributed by atoms with Crippen LogP contribution in [-0.2, 0) is 4.79 Å². The fourth-order valence-electron chi connectivity index (χ4n) is 4.40. The molecular formula is C23H36ClN3O2. The Morgan fingerprint density at radius 3 is 2.34 bits per heavy atom. The van der Waals surface area contributed by atoms with E-state index in [9.17, 15) is 9.59 Å². The molecule has 29 heavy (non-hydrogen) atoms. The number of aryl methyl sites for hydroxylation is 1. The van der Waals surface area contributed by atoms with Gasteiger partial charge in [0.1, 0.15) is 0 Å². The van der Waals surface area contributed by atoms with Crippen molar-refractivity contribution in [2.24, 2.45) is 17.6 Å². The van der Waals surface area contributed by atoms with Crippen LogP contribution in [0.4, 0.5) is 5.69 Å². The molecule has 3 rings (SSSR count). The van der Waals surface area contributed by atoms with Crippen molar-refractivity contribution in [2.75, 3.05) is 18.4 Å². The molecule has 0 bridgehead atoms. The Balaban J connectivity index is 0.00000300. The van der Waals surface area contributed by atoms with Gasteiger partial charge in [-0.05, 0) is 62.3 Å².